The Hall–Kier alpha value is 0.0900. The number of halogens is 3. The largest absolute Gasteiger partial charge is 0.178 e. The number of rotatable bonds is 1. The Labute approximate surface area is 108 Å². The predicted molar refractivity (Wildman–Crippen MR) is 68.1 cm³/mol. The van der Waals surface area contributed by atoms with Crippen LogP contribution in [-0.2, 0) is 0 Å². The third-order valence-electron chi connectivity index (χ3n) is 1.56. The molecule has 1 heterocycles. The van der Waals surface area contributed by atoms with Gasteiger partial charge in [-0.3, -0.25) is 0 Å². The lowest BCUT2D eigenvalue weighted by Gasteiger charge is -1.98. The van der Waals surface area contributed by atoms with Gasteiger partial charge in [-0.2, -0.15) is 0 Å². The van der Waals surface area contributed by atoms with Gasteiger partial charge in [0, 0.05) is 10.6 Å². The zero-order valence-corrected chi connectivity index (χ0v) is 11.2. The molecule has 0 saturated heterocycles. The molecule has 14 heavy (non-hydrogen) atoms. The number of nitrogens with zero attached hydrogens (tertiary/aromatic N) is 2. The molecule has 2 rings (SSSR count). The molecule has 2 aromatic rings. The molecule has 0 aliphatic rings. The molecule has 72 valence electrons. The average molecular weight is 357 g/mol. The molecule has 0 aliphatic heterocycles. The Morgan fingerprint density at radius 1 is 1.21 bits per heavy atom. The summed E-state index contributed by atoms with van der Waals surface area (Å²) >= 11 is 15.4. The van der Waals surface area contributed by atoms with E-state index in [1.807, 2.05) is 6.07 Å². The van der Waals surface area contributed by atoms with Crippen molar-refractivity contribution in [2.24, 2.45) is 0 Å². The van der Waals surface area contributed by atoms with Crippen molar-refractivity contribution in [1.82, 2.24) is 10.2 Å². The number of benzene rings is 1. The van der Waals surface area contributed by atoms with Gasteiger partial charge in [-0.25, -0.2) is 0 Å². The molecule has 0 bridgehead atoms. The highest BCUT2D eigenvalue weighted by atomic mass is 127. The summed E-state index contributed by atoms with van der Waals surface area (Å²) in [6.45, 7) is 0. The zero-order chi connectivity index (χ0) is 10.1. The highest BCUT2D eigenvalue weighted by Gasteiger charge is 2.08. The Balaban J connectivity index is 2.52. The number of aromatic nitrogens is 2. The van der Waals surface area contributed by atoms with Gasteiger partial charge in [0.1, 0.15) is 5.01 Å². The quantitative estimate of drug-likeness (QED) is 0.718. The van der Waals surface area contributed by atoms with E-state index in [1.54, 1.807) is 12.1 Å². The highest BCUT2D eigenvalue weighted by Crippen LogP contribution is 2.32. The van der Waals surface area contributed by atoms with Crippen LogP contribution in [0.5, 0.6) is 0 Å². The molecule has 0 unspecified atom stereocenters. The molecular formula is C8H3Cl2IN2S. The van der Waals surface area contributed by atoms with E-state index in [4.69, 9.17) is 23.2 Å². The van der Waals surface area contributed by atoms with Gasteiger partial charge < -0.3 is 0 Å². The summed E-state index contributed by atoms with van der Waals surface area (Å²) < 4.78 is 0.892. The molecule has 0 fully saturated rings. The summed E-state index contributed by atoms with van der Waals surface area (Å²) in [5.74, 6) is 0. The third kappa shape index (κ3) is 2.18. The van der Waals surface area contributed by atoms with Crippen LogP contribution in [-0.4, -0.2) is 10.2 Å². The van der Waals surface area contributed by atoms with Crippen LogP contribution < -0.4 is 0 Å². The highest BCUT2D eigenvalue weighted by molar-refractivity contribution is 14.1. The van der Waals surface area contributed by atoms with Crippen molar-refractivity contribution in [3.05, 3.63) is 31.3 Å². The minimum Gasteiger partial charge on any atom is -0.137 e. The van der Waals surface area contributed by atoms with E-state index in [0.717, 1.165) is 13.6 Å². The first-order valence-electron chi connectivity index (χ1n) is 3.61. The monoisotopic (exact) mass is 356 g/mol. The lowest BCUT2D eigenvalue weighted by atomic mass is 10.2. The standard InChI is InChI=1S/C8H3Cl2IN2S/c9-4-1-2-5(6(10)3-4)7-12-13-8(11)14-7/h1-3H. The second-order valence-corrected chi connectivity index (χ2v) is 6.06. The first kappa shape index (κ1) is 10.6. The van der Waals surface area contributed by atoms with Crippen molar-refractivity contribution in [1.29, 1.82) is 0 Å². The normalized spacial score (nSPS) is 10.5. The van der Waals surface area contributed by atoms with Gasteiger partial charge in [-0.1, -0.05) is 34.5 Å². The van der Waals surface area contributed by atoms with E-state index in [9.17, 15) is 0 Å². The van der Waals surface area contributed by atoms with Crippen molar-refractivity contribution in [3.63, 3.8) is 0 Å². The second-order valence-electron chi connectivity index (χ2n) is 2.48. The average Bonchev–Trinajstić information content (AvgIpc) is 2.51. The van der Waals surface area contributed by atoms with E-state index in [1.165, 1.54) is 11.3 Å². The fraction of sp³-hybridized carbons (Fsp3) is 0. The summed E-state index contributed by atoms with van der Waals surface area (Å²) in [6.07, 6.45) is 0. The van der Waals surface area contributed by atoms with Gasteiger partial charge in [-0.05, 0) is 40.8 Å². The maximum atomic E-state index is 6.03. The SMILES string of the molecule is Clc1ccc(-c2nnc(I)s2)c(Cl)c1. The molecule has 6 heteroatoms. The van der Waals surface area contributed by atoms with Crippen LogP contribution in [0.25, 0.3) is 10.6 Å². The smallest absolute Gasteiger partial charge is 0.137 e. The Kier molecular flexibility index (Phi) is 3.26. The molecule has 1 aromatic carbocycles. The minimum absolute atomic E-state index is 0.602. The van der Waals surface area contributed by atoms with E-state index in [2.05, 4.69) is 32.8 Å². The Morgan fingerprint density at radius 2 is 2.00 bits per heavy atom. The first-order chi connectivity index (χ1) is 6.66. The minimum atomic E-state index is 0.602. The molecule has 1 aromatic heterocycles. The molecule has 0 amide bonds. The van der Waals surface area contributed by atoms with Gasteiger partial charge in [0.25, 0.3) is 0 Å². The molecule has 0 saturated carbocycles. The molecule has 0 N–H and O–H groups in total. The fourth-order valence-corrected chi connectivity index (χ4v) is 2.88. The second kappa shape index (κ2) is 4.30. The Morgan fingerprint density at radius 3 is 2.57 bits per heavy atom. The van der Waals surface area contributed by atoms with Crippen LogP contribution in [0.3, 0.4) is 0 Å². The van der Waals surface area contributed by atoms with Crippen LogP contribution in [0.2, 0.25) is 10.0 Å². The summed E-state index contributed by atoms with van der Waals surface area (Å²) in [5.41, 5.74) is 0.872. The molecule has 2 nitrogen and oxygen atoms in total. The van der Waals surface area contributed by atoms with Gasteiger partial charge in [-0.15, -0.1) is 10.2 Å². The van der Waals surface area contributed by atoms with Crippen molar-refractivity contribution in [2.75, 3.05) is 0 Å². The van der Waals surface area contributed by atoms with Crippen molar-refractivity contribution < 1.29 is 0 Å². The van der Waals surface area contributed by atoms with E-state index >= 15 is 0 Å². The zero-order valence-electron chi connectivity index (χ0n) is 6.67. The fourth-order valence-electron chi connectivity index (χ4n) is 0.977. The third-order valence-corrected chi connectivity index (χ3v) is 3.73. The van der Waals surface area contributed by atoms with Crippen molar-refractivity contribution in [3.8, 4) is 10.6 Å². The summed E-state index contributed by atoms with van der Waals surface area (Å²) in [4.78, 5) is 0. The van der Waals surface area contributed by atoms with Gasteiger partial charge >= 0.3 is 0 Å². The van der Waals surface area contributed by atoms with Crippen molar-refractivity contribution >= 4 is 57.1 Å². The molecule has 0 aliphatic carbocycles. The van der Waals surface area contributed by atoms with Crippen molar-refractivity contribution in [2.45, 2.75) is 0 Å². The summed E-state index contributed by atoms with van der Waals surface area (Å²) in [7, 11) is 0. The van der Waals surface area contributed by atoms with Crippen LogP contribution in [0.15, 0.2) is 18.2 Å². The van der Waals surface area contributed by atoms with E-state index < -0.39 is 0 Å². The van der Waals surface area contributed by atoms with Crippen LogP contribution in [0.1, 0.15) is 0 Å². The molecule has 0 spiro atoms. The van der Waals surface area contributed by atoms with E-state index in [-0.39, 0.29) is 0 Å². The van der Waals surface area contributed by atoms with Crippen LogP contribution in [0.4, 0.5) is 0 Å². The summed E-state index contributed by atoms with van der Waals surface area (Å²) in [5, 5.41) is 9.97. The predicted octanol–water partition coefficient (Wildman–Crippen LogP) is 4.12. The van der Waals surface area contributed by atoms with Gasteiger partial charge in [0.05, 0.1) is 5.02 Å². The van der Waals surface area contributed by atoms with Crippen LogP contribution in [0, 0.1) is 3.01 Å². The lowest BCUT2D eigenvalue weighted by molar-refractivity contribution is 1.07. The van der Waals surface area contributed by atoms with Gasteiger partial charge in [0.2, 0.25) is 0 Å². The van der Waals surface area contributed by atoms with E-state index in [0.29, 0.717) is 10.0 Å². The number of hydrogen-bond donors (Lipinski definition) is 0. The Bertz CT molecular complexity index is 472. The maximum Gasteiger partial charge on any atom is 0.178 e. The molecule has 0 radical (unpaired) electrons. The first-order valence-corrected chi connectivity index (χ1v) is 6.26. The molecular weight excluding hydrogens is 354 g/mol. The summed E-state index contributed by atoms with van der Waals surface area (Å²) in [6, 6.07) is 5.34. The van der Waals surface area contributed by atoms with Gasteiger partial charge in [0.15, 0.2) is 3.01 Å². The maximum absolute atomic E-state index is 6.03. The molecule has 0 atom stereocenters. The van der Waals surface area contributed by atoms with Crippen LogP contribution >= 0.6 is 57.1 Å². The number of hydrogen-bond acceptors (Lipinski definition) is 3. The topological polar surface area (TPSA) is 25.8 Å². The lowest BCUT2D eigenvalue weighted by Crippen LogP contribution is -1.78.